The van der Waals surface area contributed by atoms with Crippen LogP contribution in [-0.4, -0.2) is 61.6 Å². The van der Waals surface area contributed by atoms with Gasteiger partial charge in [-0.3, -0.25) is 14.4 Å². The lowest BCUT2D eigenvalue weighted by Gasteiger charge is -2.36. The van der Waals surface area contributed by atoms with E-state index in [4.69, 9.17) is 0 Å². The number of aliphatic hydroxyl groups is 1. The molecule has 4 rings (SSSR count). The van der Waals surface area contributed by atoms with Gasteiger partial charge in [0.25, 0.3) is 11.8 Å². The van der Waals surface area contributed by atoms with Crippen LogP contribution in [0.25, 0.3) is 0 Å². The van der Waals surface area contributed by atoms with Crippen LogP contribution in [0.15, 0.2) is 78.9 Å². The predicted octanol–water partition coefficient (Wildman–Crippen LogP) is 4.13. The van der Waals surface area contributed by atoms with E-state index >= 15 is 0 Å². The molecule has 1 fully saturated rings. The lowest BCUT2D eigenvalue weighted by atomic mass is 9.92. The molecule has 0 bridgehead atoms. The number of rotatable bonds is 9. The van der Waals surface area contributed by atoms with Gasteiger partial charge in [-0.2, -0.15) is 0 Å². The minimum atomic E-state index is -1.63. The molecule has 1 saturated heterocycles. The Morgan fingerprint density at radius 1 is 1.00 bits per heavy atom. The molecule has 1 heterocycles. The standard InChI is InChI=1S/C33H39N3O5S/c1-21-24(17-12-18-26(21)37)29(39)34-25(19-22-13-8-6-9-14-22)27(38)31(41)36-20-42-33(4,5)28(36)30(40)35-32(2,3)23-15-10-7-11-16-23/h6-18,25,27-28,37-38H,19-20H2,1-5H3,(H,34,39)(H,35,40)/t25-,27-,28?/m0/s1. The highest BCUT2D eigenvalue weighted by molar-refractivity contribution is 8.00. The summed E-state index contributed by atoms with van der Waals surface area (Å²) in [5.41, 5.74) is 1.68. The summed E-state index contributed by atoms with van der Waals surface area (Å²) in [5, 5.41) is 27.5. The number of hydrogen-bond donors (Lipinski definition) is 4. The zero-order valence-corrected chi connectivity index (χ0v) is 25.4. The highest BCUT2D eigenvalue weighted by Crippen LogP contribution is 2.40. The van der Waals surface area contributed by atoms with Crippen molar-refractivity contribution in [1.82, 2.24) is 15.5 Å². The molecule has 8 nitrogen and oxygen atoms in total. The maximum atomic E-state index is 13.9. The van der Waals surface area contributed by atoms with Gasteiger partial charge in [-0.15, -0.1) is 11.8 Å². The summed E-state index contributed by atoms with van der Waals surface area (Å²) in [6.45, 7) is 9.26. The van der Waals surface area contributed by atoms with E-state index in [0.29, 0.717) is 5.56 Å². The van der Waals surface area contributed by atoms with Crippen molar-refractivity contribution in [3.8, 4) is 5.75 Å². The third-order valence-corrected chi connectivity index (χ3v) is 9.18. The molecule has 1 aliphatic heterocycles. The number of nitrogens with one attached hydrogen (secondary N) is 2. The lowest BCUT2D eigenvalue weighted by Crippen LogP contribution is -2.60. The molecule has 3 aromatic carbocycles. The normalized spacial score (nSPS) is 17.8. The molecule has 1 unspecified atom stereocenters. The highest BCUT2D eigenvalue weighted by atomic mass is 32.2. The molecule has 3 aromatic rings. The van der Waals surface area contributed by atoms with Crippen molar-refractivity contribution in [3.05, 3.63) is 101 Å². The van der Waals surface area contributed by atoms with Crippen molar-refractivity contribution in [1.29, 1.82) is 0 Å². The van der Waals surface area contributed by atoms with E-state index in [-0.39, 0.29) is 29.5 Å². The van der Waals surface area contributed by atoms with Crippen LogP contribution in [0.4, 0.5) is 0 Å². The summed E-state index contributed by atoms with van der Waals surface area (Å²) in [6, 6.07) is 21.6. The number of benzene rings is 3. The van der Waals surface area contributed by atoms with Crippen LogP contribution in [-0.2, 0) is 21.5 Å². The molecule has 0 spiro atoms. The second-order valence-corrected chi connectivity index (χ2v) is 13.3. The van der Waals surface area contributed by atoms with Crippen LogP contribution in [0.2, 0.25) is 0 Å². The van der Waals surface area contributed by atoms with E-state index in [1.54, 1.807) is 19.1 Å². The Morgan fingerprint density at radius 2 is 1.62 bits per heavy atom. The molecule has 0 saturated carbocycles. The van der Waals surface area contributed by atoms with E-state index < -0.39 is 40.3 Å². The number of aromatic hydroxyl groups is 1. The van der Waals surface area contributed by atoms with Gasteiger partial charge in [0.1, 0.15) is 11.8 Å². The van der Waals surface area contributed by atoms with Crippen LogP contribution in [0.5, 0.6) is 5.75 Å². The van der Waals surface area contributed by atoms with Gasteiger partial charge in [0.15, 0.2) is 6.10 Å². The number of nitrogens with zero attached hydrogens (tertiary/aromatic N) is 1. The molecule has 222 valence electrons. The van der Waals surface area contributed by atoms with Crippen molar-refractivity contribution < 1.29 is 24.6 Å². The molecule has 4 N–H and O–H groups in total. The van der Waals surface area contributed by atoms with Crippen molar-refractivity contribution in [2.45, 2.75) is 69.5 Å². The zero-order valence-electron chi connectivity index (χ0n) is 24.6. The Morgan fingerprint density at radius 3 is 2.26 bits per heavy atom. The Balaban J connectivity index is 1.59. The van der Waals surface area contributed by atoms with Crippen molar-refractivity contribution in [2.75, 3.05) is 5.88 Å². The molecule has 3 atom stereocenters. The average molecular weight is 590 g/mol. The number of thioether (sulfide) groups is 1. The van der Waals surface area contributed by atoms with Gasteiger partial charge in [0, 0.05) is 15.9 Å². The summed E-state index contributed by atoms with van der Waals surface area (Å²) < 4.78 is -0.622. The Labute approximate surface area is 251 Å². The minimum Gasteiger partial charge on any atom is -0.508 e. The number of carbonyl (C=O) groups is 3. The monoisotopic (exact) mass is 589 g/mol. The van der Waals surface area contributed by atoms with Gasteiger partial charge < -0.3 is 25.7 Å². The largest absolute Gasteiger partial charge is 0.508 e. The fourth-order valence-corrected chi connectivity index (χ4v) is 6.42. The maximum absolute atomic E-state index is 13.9. The van der Waals surface area contributed by atoms with Gasteiger partial charge >= 0.3 is 0 Å². The molecule has 9 heteroatoms. The average Bonchev–Trinajstić information content (AvgIpc) is 3.29. The van der Waals surface area contributed by atoms with E-state index in [1.165, 1.54) is 22.7 Å². The fourth-order valence-electron chi connectivity index (χ4n) is 5.28. The van der Waals surface area contributed by atoms with Crippen LogP contribution < -0.4 is 10.6 Å². The molecule has 0 aliphatic carbocycles. The van der Waals surface area contributed by atoms with Gasteiger partial charge in [-0.1, -0.05) is 66.7 Å². The number of phenols is 1. The fraction of sp³-hybridized carbons (Fsp3) is 0.364. The van der Waals surface area contributed by atoms with Crippen LogP contribution in [0.1, 0.15) is 54.7 Å². The second-order valence-electron chi connectivity index (χ2n) is 11.7. The third kappa shape index (κ3) is 6.79. The number of carbonyl (C=O) groups excluding carboxylic acids is 3. The molecule has 1 aliphatic rings. The molecule has 42 heavy (non-hydrogen) atoms. The first kappa shape index (κ1) is 31.1. The SMILES string of the molecule is Cc1c(O)cccc1C(=O)N[C@@H](Cc1ccccc1)[C@H](O)C(=O)N1CSC(C)(C)C1C(=O)NC(C)(C)c1ccccc1. The number of aliphatic hydroxyl groups excluding tert-OH is 1. The minimum absolute atomic E-state index is 0.0255. The molecule has 0 aromatic heterocycles. The summed E-state index contributed by atoms with van der Waals surface area (Å²) in [4.78, 5) is 42.5. The topological polar surface area (TPSA) is 119 Å². The van der Waals surface area contributed by atoms with Gasteiger partial charge in [-0.25, -0.2) is 0 Å². The van der Waals surface area contributed by atoms with Crippen LogP contribution in [0.3, 0.4) is 0 Å². The Bertz CT molecular complexity index is 1430. The van der Waals surface area contributed by atoms with Crippen molar-refractivity contribution >= 4 is 29.5 Å². The molecule has 3 amide bonds. The summed E-state index contributed by atoms with van der Waals surface area (Å²) in [6.07, 6.45) is -1.45. The molecular weight excluding hydrogens is 550 g/mol. The Kier molecular flexibility index (Phi) is 9.33. The molecule has 0 radical (unpaired) electrons. The number of hydrogen-bond acceptors (Lipinski definition) is 6. The number of phenolic OH excluding ortho intramolecular Hbond substituents is 1. The first-order valence-electron chi connectivity index (χ1n) is 14.0. The van der Waals surface area contributed by atoms with Crippen molar-refractivity contribution in [2.24, 2.45) is 0 Å². The van der Waals surface area contributed by atoms with Crippen molar-refractivity contribution in [3.63, 3.8) is 0 Å². The van der Waals surface area contributed by atoms with Crippen LogP contribution in [0, 0.1) is 6.92 Å². The first-order chi connectivity index (χ1) is 19.8. The quantitative estimate of drug-likeness (QED) is 0.298. The highest BCUT2D eigenvalue weighted by Gasteiger charge is 2.50. The third-order valence-electron chi connectivity index (χ3n) is 7.81. The Hall–Kier alpha value is -3.82. The maximum Gasteiger partial charge on any atom is 0.254 e. The predicted molar refractivity (Wildman–Crippen MR) is 165 cm³/mol. The van der Waals surface area contributed by atoms with E-state index in [2.05, 4.69) is 10.6 Å². The van der Waals surface area contributed by atoms with E-state index in [1.807, 2.05) is 88.4 Å². The van der Waals surface area contributed by atoms with Gasteiger partial charge in [0.05, 0.1) is 17.5 Å². The lowest BCUT2D eigenvalue weighted by molar-refractivity contribution is -0.147. The van der Waals surface area contributed by atoms with E-state index in [0.717, 1.165) is 11.1 Å². The van der Waals surface area contributed by atoms with Crippen LogP contribution >= 0.6 is 11.8 Å². The van der Waals surface area contributed by atoms with Gasteiger partial charge in [0.2, 0.25) is 5.91 Å². The van der Waals surface area contributed by atoms with E-state index in [9.17, 15) is 24.6 Å². The van der Waals surface area contributed by atoms with Gasteiger partial charge in [-0.05, 0) is 64.3 Å². The summed E-state index contributed by atoms with van der Waals surface area (Å²) in [7, 11) is 0. The second kappa shape index (κ2) is 12.6. The summed E-state index contributed by atoms with van der Waals surface area (Å²) in [5.74, 6) is -1.29. The first-order valence-corrected chi connectivity index (χ1v) is 14.9. The summed E-state index contributed by atoms with van der Waals surface area (Å²) >= 11 is 1.46. The zero-order chi connectivity index (χ0) is 30.7. The number of amides is 3. The smallest absolute Gasteiger partial charge is 0.254 e. The molecular formula is C33H39N3O5S.